The van der Waals surface area contributed by atoms with E-state index in [0.29, 0.717) is 27.8 Å². The van der Waals surface area contributed by atoms with E-state index in [-0.39, 0.29) is 23.9 Å². The first-order chi connectivity index (χ1) is 20.3. The maximum atomic E-state index is 13.5. The second-order valence-electron chi connectivity index (χ2n) is 9.12. The number of furan rings is 1. The summed E-state index contributed by atoms with van der Waals surface area (Å²) in [6.45, 7) is 0.123. The fraction of sp³-hybridized carbons (Fsp3) is 0.0333. The van der Waals surface area contributed by atoms with E-state index in [0.717, 1.165) is 29.0 Å². The van der Waals surface area contributed by atoms with Gasteiger partial charge < -0.3 is 9.15 Å². The summed E-state index contributed by atoms with van der Waals surface area (Å²) in [4.78, 5) is 29.6. The van der Waals surface area contributed by atoms with E-state index in [1.165, 1.54) is 18.3 Å². The van der Waals surface area contributed by atoms with Crippen molar-refractivity contribution in [2.45, 2.75) is 6.61 Å². The minimum Gasteiger partial charge on any atom is -0.482 e. The average molecular weight is 753 g/mol. The number of fused-ring (bicyclic) bond motifs is 2. The fourth-order valence-corrected chi connectivity index (χ4v) is 5.85. The first-order valence-corrected chi connectivity index (χ1v) is 14.8. The van der Waals surface area contributed by atoms with Crippen molar-refractivity contribution in [3.63, 3.8) is 0 Å². The molecule has 0 aliphatic carbocycles. The van der Waals surface area contributed by atoms with Crippen LogP contribution in [0.25, 0.3) is 33.5 Å². The molecule has 0 radical (unpaired) electrons. The highest BCUT2D eigenvalue weighted by Gasteiger charge is 2.19. The summed E-state index contributed by atoms with van der Waals surface area (Å²) in [5, 5.41) is 17.5. The monoisotopic (exact) mass is 750 g/mol. The van der Waals surface area contributed by atoms with Gasteiger partial charge in [0.05, 0.1) is 22.0 Å². The van der Waals surface area contributed by atoms with Gasteiger partial charge in [0.2, 0.25) is 5.82 Å². The Hall–Kier alpha value is -4.13. The molecule has 0 unspecified atom stereocenters. The fourth-order valence-electron chi connectivity index (χ4n) is 4.31. The van der Waals surface area contributed by atoms with Crippen molar-refractivity contribution in [2.24, 2.45) is 5.10 Å². The average Bonchev–Trinajstić information content (AvgIpc) is 3.39. The molecular formula is C30H17Br3N4O5. The summed E-state index contributed by atoms with van der Waals surface area (Å²) in [6.07, 6.45) is 1.36. The van der Waals surface area contributed by atoms with Gasteiger partial charge in [-0.1, -0.05) is 66.0 Å². The van der Waals surface area contributed by atoms with Crippen LogP contribution in [0.1, 0.15) is 11.1 Å². The Morgan fingerprint density at radius 2 is 1.76 bits per heavy atom. The Morgan fingerprint density at radius 3 is 2.57 bits per heavy atom. The first-order valence-electron chi connectivity index (χ1n) is 12.4. The zero-order valence-electron chi connectivity index (χ0n) is 21.3. The van der Waals surface area contributed by atoms with E-state index in [9.17, 15) is 14.9 Å². The number of rotatable bonds is 7. The van der Waals surface area contributed by atoms with Gasteiger partial charge in [0, 0.05) is 36.0 Å². The van der Waals surface area contributed by atoms with Crippen LogP contribution in [0.5, 0.6) is 5.75 Å². The van der Waals surface area contributed by atoms with Crippen LogP contribution in [0.3, 0.4) is 0 Å². The summed E-state index contributed by atoms with van der Waals surface area (Å²) < 4.78 is 15.5. The molecule has 0 aliphatic rings. The summed E-state index contributed by atoms with van der Waals surface area (Å²) in [5.41, 5.74) is 1.67. The number of halogens is 3. The number of nitro benzene ring substituents is 1. The Bertz CT molecular complexity index is 2110. The van der Waals surface area contributed by atoms with Crippen LogP contribution in [0.4, 0.5) is 5.69 Å². The highest BCUT2D eigenvalue weighted by atomic mass is 79.9. The van der Waals surface area contributed by atoms with Crippen LogP contribution < -0.4 is 10.3 Å². The molecule has 0 N–H and O–H groups in total. The quantitative estimate of drug-likeness (QED) is 0.0919. The number of nitrogens with zero attached hydrogens (tertiary/aromatic N) is 4. The highest BCUT2D eigenvalue weighted by Crippen LogP contribution is 2.31. The molecule has 6 aromatic rings. The van der Waals surface area contributed by atoms with Gasteiger partial charge in [0.15, 0.2) is 11.5 Å². The van der Waals surface area contributed by atoms with Crippen molar-refractivity contribution in [2.75, 3.05) is 0 Å². The van der Waals surface area contributed by atoms with Crippen molar-refractivity contribution < 1.29 is 14.1 Å². The maximum Gasteiger partial charge on any atom is 0.311 e. The third-order valence-electron chi connectivity index (χ3n) is 6.35. The van der Waals surface area contributed by atoms with Crippen LogP contribution in [0.15, 0.2) is 113 Å². The SMILES string of the molecule is O=c1c2ccccc2nc(-c2cc3cc(Br)ccc3o2)n1N=Cc1ccc(OCc2ccc(Br)cc2Br)c([N+](=O)[O-])c1. The zero-order chi connectivity index (χ0) is 29.4. The topological polar surface area (TPSA) is 113 Å². The number of aromatic nitrogens is 2. The zero-order valence-corrected chi connectivity index (χ0v) is 26.1. The lowest BCUT2D eigenvalue weighted by Crippen LogP contribution is -2.20. The highest BCUT2D eigenvalue weighted by molar-refractivity contribution is 9.11. The van der Waals surface area contributed by atoms with E-state index >= 15 is 0 Å². The van der Waals surface area contributed by atoms with Gasteiger partial charge in [-0.3, -0.25) is 14.9 Å². The van der Waals surface area contributed by atoms with Gasteiger partial charge in [-0.2, -0.15) is 9.78 Å². The van der Waals surface area contributed by atoms with E-state index in [1.807, 2.05) is 36.4 Å². The van der Waals surface area contributed by atoms with E-state index in [1.54, 1.807) is 36.4 Å². The Kier molecular flexibility index (Phi) is 7.76. The molecule has 2 heterocycles. The third-order valence-corrected chi connectivity index (χ3v) is 8.08. The lowest BCUT2D eigenvalue weighted by molar-refractivity contribution is -0.385. The normalized spacial score (nSPS) is 11.5. The van der Waals surface area contributed by atoms with Crippen molar-refractivity contribution in [3.05, 3.63) is 130 Å². The molecule has 0 saturated carbocycles. The van der Waals surface area contributed by atoms with E-state index in [4.69, 9.17) is 9.15 Å². The maximum absolute atomic E-state index is 13.5. The molecular weight excluding hydrogens is 736 g/mol. The largest absolute Gasteiger partial charge is 0.482 e. The van der Waals surface area contributed by atoms with Gasteiger partial charge in [-0.15, -0.1) is 0 Å². The first kappa shape index (κ1) is 28.0. The summed E-state index contributed by atoms with van der Waals surface area (Å²) in [6, 6.07) is 24.3. The Morgan fingerprint density at radius 1 is 0.976 bits per heavy atom. The minimum atomic E-state index is -0.523. The molecule has 0 atom stereocenters. The molecule has 4 aromatic carbocycles. The molecule has 9 nitrogen and oxygen atoms in total. The Labute approximate surface area is 263 Å². The van der Waals surface area contributed by atoms with Crippen LogP contribution in [-0.4, -0.2) is 20.8 Å². The molecule has 0 bridgehead atoms. The number of nitro groups is 1. The molecule has 0 saturated heterocycles. The summed E-state index contributed by atoms with van der Waals surface area (Å²) in [7, 11) is 0. The molecule has 0 spiro atoms. The van der Waals surface area contributed by atoms with Gasteiger partial charge >= 0.3 is 5.69 Å². The van der Waals surface area contributed by atoms with Crippen molar-refractivity contribution in [1.29, 1.82) is 0 Å². The van der Waals surface area contributed by atoms with Crippen molar-refractivity contribution in [3.8, 4) is 17.3 Å². The molecule has 2 aromatic heterocycles. The van der Waals surface area contributed by atoms with Crippen molar-refractivity contribution in [1.82, 2.24) is 9.66 Å². The van der Waals surface area contributed by atoms with Gasteiger partial charge in [0.1, 0.15) is 12.2 Å². The van der Waals surface area contributed by atoms with Crippen molar-refractivity contribution >= 4 is 81.6 Å². The molecule has 208 valence electrons. The lowest BCUT2D eigenvalue weighted by Gasteiger charge is -2.09. The number of hydrogen-bond acceptors (Lipinski definition) is 7. The molecule has 6 rings (SSSR count). The van der Waals surface area contributed by atoms with Gasteiger partial charge in [0.25, 0.3) is 5.56 Å². The molecule has 0 fully saturated rings. The molecule has 12 heteroatoms. The summed E-state index contributed by atoms with van der Waals surface area (Å²) in [5.74, 6) is 0.638. The van der Waals surface area contributed by atoms with Crippen LogP contribution in [0, 0.1) is 10.1 Å². The number of para-hydroxylation sites is 1. The number of hydrogen-bond donors (Lipinski definition) is 0. The minimum absolute atomic E-state index is 0.102. The smallest absolute Gasteiger partial charge is 0.311 e. The third kappa shape index (κ3) is 5.65. The second kappa shape index (κ2) is 11.6. The lowest BCUT2D eigenvalue weighted by atomic mass is 10.2. The predicted molar refractivity (Wildman–Crippen MR) is 171 cm³/mol. The molecule has 0 aliphatic heterocycles. The standard InChI is InChI=1S/C30H17Br3N4O5/c31-20-8-10-26-19(12-20)13-28(42-26)29-35-24-4-2-1-3-22(24)30(38)36(29)34-15-17-5-9-27(25(11-17)37(39)40)41-16-18-6-7-21(32)14-23(18)33/h1-15H,16H2. The van der Waals surface area contributed by atoms with Gasteiger partial charge in [-0.05, 0) is 60.7 Å². The predicted octanol–water partition coefficient (Wildman–Crippen LogP) is 8.47. The van der Waals surface area contributed by atoms with Crippen LogP contribution in [0.2, 0.25) is 0 Å². The van der Waals surface area contributed by atoms with Gasteiger partial charge in [-0.25, -0.2) is 4.98 Å². The van der Waals surface area contributed by atoms with E-state index < -0.39 is 10.5 Å². The van der Waals surface area contributed by atoms with Crippen LogP contribution >= 0.6 is 47.8 Å². The van der Waals surface area contributed by atoms with Crippen LogP contribution in [-0.2, 0) is 6.61 Å². The second-order valence-corrected chi connectivity index (χ2v) is 11.8. The number of benzene rings is 4. The molecule has 0 amide bonds. The number of ether oxygens (including phenoxy) is 1. The Balaban J connectivity index is 1.38. The van der Waals surface area contributed by atoms with E-state index in [2.05, 4.69) is 57.9 Å². The summed E-state index contributed by atoms with van der Waals surface area (Å²) >= 11 is 10.3. The molecule has 42 heavy (non-hydrogen) atoms.